The monoisotopic (exact) mass is 333 g/mol. The largest absolute Gasteiger partial charge is 1.00 e. The quantitative estimate of drug-likeness (QED) is 0.516. The number of pyridine rings is 1. The van der Waals surface area contributed by atoms with Crippen LogP contribution in [0.5, 0.6) is 5.75 Å². The third kappa shape index (κ3) is 2.27. The van der Waals surface area contributed by atoms with Gasteiger partial charge in [-0.2, -0.15) is 4.57 Å². The summed E-state index contributed by atoms with van der Waals surface area (Å²) < 4.78 is 7.40. The van der Waals surface area contributed by atoms with Gasteiger partial charge in [-0.15, -0.1) is 0 Å². The first-order valence-corrected chi connectivity index (χ1v) is 7.15. The molecular formula is C17H13Cl2NO2. The minimum Gasteiger partial charge on any atom is -1.00 e. The van der Waals surface area contributed by atoms with Crippen molar-refractivity contribution < 1.29 is 26.5 Å². The Balaban J connectivity index is 0.00000144. The van der Waals surface area contributed by atoms with Crippen molar-refractivity contribution in [2.75, 3.05) is 0 Å². The number of benzene rings is 1. The number of phenolic OH excluding ortho intramolecular Hbond substituents is 1. The minimum atomic E-state index is 0. The SMILES string of the molecule is Oc1c(Cl)ccc2c1Cc1c(-c3ccoc3)ccc[n+]1C2.[Cl-]. The third-order valence-electron chi connectivity index (χ3n) is 4.03. The first-order valence-electron chi connectivity index (χ1n) is 6.77. The van der Waals surface area contributed by atoms with Crippen LogP contribution >= 0.6 is 11.6 Å². The van der Waals surface area contributed by atoms with Gasteiger partial charge in [0.25, 0.3) is 0 Å². The number of aromatic hydroxyl groups is 1. The Kier molecular flexibility index (Phi) is 3.85. The van der Waals surface area contributed by atoms with Crippen molar-refractivity contribution in [2.24, 2.45) is 0 Å². The van der Waals surface area contributed by atoms with Crippen LogP contribution < -0.4 is 17.0 Å². The number of rotatable bonds is 1. The molecule has 2 aromatic heterocycles. The first kappa shape index (κ1) is 14.9. The molecule has 1 N–H and O–H groups in total. The minimum absolute atomic E-state index is 0. The molecule has 1 aliphatic heterocycles. The molecule has 1 aliphatic rings. The lowest BCUT2D eigenvalue weighted by atomic mass is 9.93. The van der Waals surface area contributed by atoms with E-state index in [1.165, 1.54) is 0 Å². The molecule has 0 bridgehead atoms. The topological polar surface area (TPSA) is 37.3 Å². The number of aromatic nitrogens is 1. The molecule has 0 radical (unpaired) electrons. The summed E-state index contributed by atoms with van der Waals surface area (Å²) in [6, 6.07) is 9.79. The maximum atomic E-state index is 10.2. The second-order valence-corrected chi connectivity index (χ2v) is 5.63. The molecular weight excluding hydrogens is 321 g/mol. The summed E-state index contributed by atoms with van der Waals surface area (Å²) >= 11 is 6.04. The lowest BCUT2D eigenvalue weighted by Crippen LogP contribution is -3.00. The Labute approximate surface area is 139 Å². The predicted molar refractivity (Wildman–Crippen MR) is 79.4 cm³/mol. The smallest absolute Gasteiger partial charge is 0.194 e. The summed E-state index contributed by atoms with van der Waals surface area (Å²) in [5.41, 5.74) is 5.35. The van der Waals surface area contributed by atoms with Crippen molar-refractivity contribution >= 4 is 11.6 Å². The highest BCUT2D eigenvalue weighted by atomic mass is 35.5. The number of nitrogens with zero attached hydrogens (tertiary/aromatic N) is 1. The molecule has 3 nitrogen and oxygen atoms in total. The van der Waals surface area contributed by atoms with Crippen LogP contribution in [0.15, 0.2) is 53.5 Å². The standard InChI is InChI=1S/C17H12ClNO2.ClH/c18-15-4-3-11-9-19-6-1-2-13(12-5-7-21-10-12)16(19)8-14(11)17(15)20;/h1-7,10H,8-9H2;1H. The lowest BCUT2D eigenvalue weighted by Gasteiger charge is -2.18. The Morgan fingerprint density at radius 3 is 2.82 bits per heavy atom. The van der Waals surface area contributed by atoms with Gasteiger partial charge < -0.3 is 21.9 Å². The van der Waals surface area contributed by atoms with Crippen LogP contribution in [0.25, 0.3) is 11.1 Å². The second-order valence-electron chi connectivity index (χ2n) is 5.22. The van der Waals surface area contributed by atoms with Gasteiger partial charge in [0.1, 0.15) is 5.75 Å². The predicted octanol–water partition coefficient (Wildman–Crippen LogP) is 0.550. The normalized spacial score (nSPS) is 12.2. The van der Waals surface area contributed by atoms with Crippen LogP contribution in [0.3, 0.4) is 0 Å². The highest BCUT2D eigenvalue weighted by Crippen LogP contribution is 2.35. The molecule has 0 spiro atoms. The van der Waals surface area contributed by atoms with E-state index in [0.717, 1.165) is 34.5 Å². The first-order chi connectivity index (χ1) is 10.2. The number of furan rings is 1. The summed E-state index contributed by atoms with van der Waals surface area (Å²) in [5, 5.41) is 10.6. The van der Waals surface area contributed by atoms with E-state index in [0.29, 0.717) is 11.4 Å². The number of halogens is 2. The molecule has 3 heterocycles. The van der Waals surface area contributed by atoms with E-state index in [1.54, 1.807) is 18.6 Å². The average molecular weight is 334 g/mol. The maximum absolute atomic E-state index is 10.2. The molecule has 22 heavy (non-hydrogen) atoms. The summed E-state index contributed by atoms with van der Waals surface area (Å²) in [4.78, 5) is 0. The Hall–Kier alpha value is -1.97. The summed E-state index contributed by atoms with van der Waals surface area (Å²) in [6.07, 6.45) is 6.13. The van der Waals surface area contributed by atoms with Gasteiger partial charge >= 0.3 is 0 Å². The van der Waals surface area contributed by atoms with Gasteiger partial charge in [0.2, 0.25) is 0 Å². The number of hydrogen-bond acceptors (Lipinski definition) is 2. The highest BCUT2D eigenvalue weighted by Gasteiger charge is 2.28. The third-order valence-corrected chi connectivity index (χ3v) is 4.34. The molecule has 1 aromatic carbocycles. The van der Waals surface area contributed by atoms with E-state index in [9.17, 15) is 5.11 Å². The number of phenols is 1. The summed E-state index contributed by atoms with van der Waals surface area (Å²) in [7, 11) is 0. The zero-order chi connectivity index (χ0) is 14.4. The molecule has 0 fully saturated rings. The van der Waals surface area contributed by atoms with Crippen molar-refractivity contribution in [2.45, 2.75) is 13.0 Å². The zero-order valence-electron chi connectivity index (χ0n) is 11.6. The van der Waals surface area contributed by atoms with Gasteiger partial charge in [-0.3, -0.25) is 0 Å². The molecule has 0 saturated heterocycles. The molecule has 5 heteroatoms. The van der Waals surface area contributed by atoms with E-state index < -0.39 is 0 Å². The van der Waals surface area contributed by atoms with Gasteiger partial charge in [-0.1, -0.05) is 17.7 Å². The van der Waals surface area contributed by atoms with Gasteiger partial charge in [0, 0.05) is 22.8 Å². The maximum Gasteiger partial charge on any atom is 0.194 e. The molecule has 0 aliphatic carbocycles. The van der Waals surface area contributed by atoms with E-state index in [-0.39, 0.29) is 18.2 Å². The van der Waals surface area contributed by atoms with Crippen LogP contribution in [0.4, 0.5) is 0 Å². The Morgan fingerprint density at radius 1 is 1.18 bits per heavy atom. The molecule has 4 rings (SSSR count). The fraction of sp³-hybridized carbons (Fsp3) is 0.118. The molecule has 0 atom stereocenters. The van der Waals surface area contributed by atoms with E-state index in [2.05, 4.69) is 16.8 Å². The summed E-state index contributed by atoms with van der Waals surface area (Å²) in [6.45, 7) is 0.737. The fourth-order valence-corrected chi connectivity index (χ4v) is 3.13. The molecule has 3 aromatic rings. The van der Waals surface area contributed by atoms with Gasteiger partial charge in [-0.05, 0) is 18.2 Å². The second kappa shape index (κ2) is 5.67. The van der Waals surface area contributed by atoms with Crippen molar-refractivity contribution in [3.05, 3.63) is 70.9 Å². The number of fused-ring (bicyclic) bond motifs is 2. The zero-order valence-corrected chi connectivity index (χ0v) is 13.1. The van der Waals surface area contributed by atoms with Gasteiger partial charge in [0.15, 0.2) is 18.4 Å². The lowest BCUT2D eigenvalue weighted by molar-refractivity contribution is -0.697. The fourth-order valence-electron chi connectivity index (χ4n) is 2.96. The van der Waals surface area contributed by atoms with Gasteiger partial charge in [-0.25, -0.2) is 0 Å². The van der Waals surface area contributed by atoms with E-state index in [4.69, 9.17) is 16.0 Å². The highest BCUT2D eigenvalue weighted by molar-refractivity contribution is 6.32. The molecule has 112 valence electrons. The van der Waals surface area contributed by atoms with E-state index in [1.807, 2.05) is 18.2 Å². The molecule has 0 saturated carbocycles. The Bertz CT molecular complexity index is 829. The van der Waals surface area contributed by atoms with Gasteiger partial charge in [0.05, 0.1) is 29.5 Å². The van der Waals surface area contributed by atoms with Crippen LogP contribution in [0.1, 0.15) is 16.8 Å². The van der Waals surface area contributed by atoms with Crippen LogP contribution in [0.2, 0.25) is 5.02 Å². The summed E-state index contributed by atoms with van der Waals surface area (Å²) in [5.74, 6) is 0.197. The van der Waals surface area contributed by atoms with Crippen molar-refractivity contribution in [3.8, 4) is 16.9 Å². The van der Waals surface area contributed by atoms with Crippen LogP contribution in [-0.2, 0) is 13.0 Å². The van der Waals surface area contributed by atoms with Crippen molar-refractivity contribution in [1.82, 2.24) is 0 Å². The van der Waals surface area contributed by atoms with Crippen LogP contribution in [-0.4, -0.2) is 5.11 Å². The Morgan fingerprint density at radius 2 is 2.05 bits per heavy atom. The molecule has 0 unspecified atom stereocenters. The average Bonchev–Trinajstić information content (AvgIpc) is 3.03. The van der Waals surface area contributed by atoms with Crippen molar-refractivity contribution in [3.63, 3.8) is 0 Å². The van der Waals surface area contributed by atoms with Crippen molar-refractivity contribution in [1.29, 1.82) is 0 Å². The molecule has 0 amide bonds. The van der Waals surface area contributed by atoms with Crippen LogP contribution in [0, 0.1) is 0 Å². The number of hydrogen-bond donors (Lipinski definition) is 1. The van der Waals surface area contributed by atoms with E-state index >= 15 is 0 Å².